The van der Waals surface area contributed by atoms with E-state index in [2.05, 4.69) is 13.8 Å². The van der Waals surface area contributed by atoms with Crippen molar-refractivity contribution in [1.29, 1.82) is 0 Å². The van der Waals surface area contributed by atoms with Crippen molar-refractivity contribution in [1.82, 2.24) is 0 Å². The number of aliphatic hydroxyl groups is 1. The van der Waals surface area contributed by atoms with Crippen molar-refractivity contribution in [3.63, 3.8) is 0 Å². The number of hydrogen-bond donors (Lipinski definition) is 1. The normalized spacial score (nSPS) is 13.1. The molecule has 1 nitrogen and oxygen atoms in total. The minimum Gasteiger partial charge on any atom is -0.392 e. The fourth-order valence-corrected chi connectivity index (χ4v) is 2.65. The van der Waals surface area contributed by atoms with Crippen LogP contribution in [0, 0.1) is 11.7 Å². The molecular formula is C13H18ClFOS. The van der Waals surface area contributed by atoms with Crippen LogP contribution in [0.5, 0.6) is 0 Å². The summed E-state index contributed by atoms with van der Waals surface area (Å²) in [6, 6.07) is 4.88. The SMILES string of the molecule is CC(C)CSCC(O)Cc1cccc(Cl)c1F. The molecular weight excluding hydrogens is 259 g/mol. The maximum absolute atomic E-state index is 13.6. The molecule has 0 amide bonds. The molecule has 1 rings (SSSR count). The highest BCUT2D eigenvalue weighted by atomic mass is 35.5. The van der Waals surface area contributed by atoms with E-state index in [-0.39, 0.29) is 5.02 Å². The molecule has 0 aliphatic rings. The molecule has 0 saturated carbocycles. The van der Waals surface area contributed by atoms with Gasteiger partial charge >= 0.3 is 0 Å². The first-order valence-electron chi connectivity index (χ1n) is 5.69. The zero-order valence-electron chi connectivity index (χ0n) is 10.1. The Morgan fingerprint density at radius 2 is 2.06 bits per heavy atom. The highest BCUT2D eigenvalue weighted by molar-refractivity contribution is 7.99. The van der Waals surface area contributed by atoms with E-state index in [0.29, 0.717) is 23.7 Å². The van der Waals surface area contributed by atoms with Gasteiger partial charge in [-0.05, 0) is 23.3 Å². The van der Waals surface area contributed by atoms with Gasteiger partial charge in [0, 0.05) is 12.2 Å². The number of rotatable bonds is 6. The Morgan fingerprint density at radius 1 is 1.35 bits per heavy atom. The summed E-state index contributed by atoms with van der Waals surface area (Å²) in [6.45, 7) is 4.27. The topological polar surface area (TPSA) is 20.2 Å². The third-order valence-electron chi connectivity index (χ3n) is 2.25. The zero-order chi connectivity index (χ0) is 12.8. The lowest BCUT2D eigenvalue weighted by Crippen LogP contribution is -2.15. The summed E-state index contributed by atoms with van der Waals surface area (Å²) in [5.41, 5.74) is 0.482. The second kappa shape index (κ2) is 7.24. The minimum atomic E-state index is -0.522. The van der Waals surface area contributed by atoms with Crippen LogP contribution in [0.15, 0.2) is 18.2 Å². The molecule has 0 bridgehead atoms. The van der Waals surface area contributed by atoms with Crippen LogP contribution in [0.4, 0.5) is 4.39 Å². The zero-order valence-corrected chi connectivity index (χ0v) is 11.7. The second-order valence-electron chi connectivity index (χ2n) is 4.50. The van der Waals surface area contributed by atoms with Gasteiger partial charge in [0.1, 0.15) is 5.82 Å². The Hall–Kier alpha value is -0.250. The van der Waals surface area contributed by atoms with Crippen LogP contribution in [0.25, 0.3) is 0 Å². The third-order valence-corrected chi connectivity index (χ3v) is 4.06. The molecule has 4 heteroatoms. The third kappa shape index (κ3) is 5.28. The van der Waals surface area contributed by atoms with Crippen molar-refractivity contribution in [3.8, 4) is 0 Å². The predicted molar refractivity (Wildman–Crippen MR) is 73.3 cm³/mol. The molecule has 17 heavy (non-hydrogen) atoms. The molecule has 0 aliphatic carbocycles. The Labute approximate surface area is 111 Å². The molecule has 0 radical (unpaired) electrons. The van der Waals surface area contributed by atoms with Crippen LogP contribution < -0.4 is 0 Å². The number of aliphatic hydroxyl groups excluding tert-OH is 1. The summed E-state index contributed by atoms with van der Waals surface area (Å²) < 4.78 is 13.6. The second-order valence-corrected chi connectivity index (χ2v) is 5.98. The molecule has 96 valence electrons. The van der Waals surface area contributed by atoms with Gasteiger partial charge in [-0.3, -0.25) is 0 Å². The van der Waals surface area contributed by atoms with Gasteiger partial charge < -0.3 is 5.11 Å². The summed E-state index contributed by atoms with van der Waals surface area (Å²) in [7, 11) is 0. The lowest BCUT2D eigenvalue weighted by atomic mass is 10.1. The van der Waals surface area contributed by atoms with Gasteiger partial charge in [0.15, 0.2) is 0 Å². The summed E-state index contributed by atoms with van der Waals surface area (Å²) in [4.78, 5) is 0. The molecule has 1 N–H and O–H groups in total. The van der Waals surface area contributed by atoms with E-state index >= 15 is 0 Å². The van der Waals surface area contributed by atoms with Crippen molar-refractivity contribution < 1.29 is 9.50 Å². The molecule has 1 aromatic rings. The van der Waals surface area contributed by atoms with E-state index in [0.717, 1.165) is 5.75 Å². The van der Waals surface area contributed by atoms with Gasteiger partial charge in [-0.15, -0.1) is 0 Å². The Morgan fingerprint density at radius 3 is 2.71 bits per heavy atom. The summed E-state index contributed by atoms with van der Waals surface area (Å²) in [5.74, 6) is 1.83. The van der Waals surface area contributed by atoms with E-state index < -0.39 is 11.9 Å². The maximum Gasteiger partial charge on any atom is 0.145 e. The highest BCUT2D eigenvalue weighted by Gasteiger charge is 2.11. The molecule has 0 saturated heterocycles. The molecule has 0 aromatic heterocycles. The fraction of sp³-hybridized carbons (Fsp3) is 0.538. The van der Waals surface area contributed by atoms with Crippen LogP contribution in [0.2, 0.25) is 5.02 Å². The number of benzene rings is 1. The Bertz CT molecular complexity index is 357. The van der Waals surface area contributed by atoms with Crippen molar-refractivity contribution in [2.75, 3.05) is 11.5 Å². The van der Waals surface area contributed by atoms with Crippen molar-refractivity contribution in [2.24, 2.45) is 5.92 Å². The lowest BCUT2D eigenvalue weighted by molar-refractivity contribution is 0.198. The maximum atomic E-state index is 13.6. The van der Waals surface area contributed by atoms with Gasteiger partial charge in [0.2, 0.25) is 0 Å². The molecule has 0 spiro atoms. The van der Waals surface area contributed by atoms with E-state index in [1.54, 1.807) is 23.9 Å². The first kappa shape index (κ1) is 14.8. The molecule has 0 fully saturated rings. The number of thioether (sulfide) groups is 1. The molecule has 1 aromatic carbocycles. The largest absolute Gasteiger partial charge is 0.392 e. The highest BCUT2D eigenvalue weighted by Crippen LogP contribution is 2.20. The van der Waals surface area contributed by atoms with Gasteiger partial charge in [-0.2, -0.15) is 11.8 Å². The van der Waals surface area contributed by atoms with E-state index in [1.165, 1.54) is 6.07 Å². The van der Waals surface area contributed by atoms with E-state index in [4.69, 9.17) is 11.6 Å². The lowest BCUT2D eigenvalue weighted by Gasteiger charge is -2.12. The van der Waals surface area contributed by atoms with Crippen molar-refractivity contribution in [2.45, 2.75) is 26.4 Å². The Kier molecular flexibility index (Phi) is 6.31. The Balaban J connectivity index is 2.45. The number of hydrogen-bond acceptors (Lipinski definition) is 2. The van der Waals surface area contributed by atoms with Crippen molar-refractivity contribution in [3.05, 3.63) is 34.6 Å². The monoisotopic (exact) mass is 276 g/mol. The summed E-state index contributed by atoms with van der Waals surface area (Å²) in [5, 5.41) is 9.92. The van der Waals surface area contributed by atoms with Gasteiger partial charge in [0.25, 0.3) is 0 Å². The first-order valence-corrected chi connectivity index (χ1v) is 7.22. The molecule has 0 aliphatic heterocycles. The summed E-state index contributed by atoms with van der Waals surface area (Å²) in [6.07, 6.45) is -0.205. The van der Waals surface area contributed by atoms with E-state index in [1.807, 2.05) is 0 Å². The van der Waals surface area contributed by atoms with Crippen LogP contribution in [-0.2, 0) is 6.42 Å². The van der Waals surface area contributed by atoms with Crippen LogP contribution in [0.3, 0.4) is 0 Å². The van der Waals surface area contributed by atoms with E-state index in [9.17, 15) is 9.50 Å². The number of halogens is 2. The van der Waals surface area contributed by atoms with Gasteiger partial charge in [-0.1, -0.05) is 37.6 Å². The average molecular weight is 277 g/mol. The fourth-order valence-electron chi connectivity index (χ4n) is 1.46. The average Bonchev–Trinajstić information content (AvgIpc) is 2.24. The summed E-state index contributed by atoms with van der Waals surface area (Å²) >= 11 is 7.37. The smallest absolute Gasteiger partial charge is 0.145 e. The molecule has 1 atom stereocenters. The molecule has 1 unspecified atom stereocenters. The minimum absolute atomic E-state index is 0.115. The first-order chi connectivity index (χ1) is 8.00. The standard InChI is InChI=1S/C13H18ClFOS/c1-9(2)7-17-8-11(16)6-10-4-3-5-12(14)13(10)15/h3-5,9,11,16H,6-8H2,1-2H3. The van der Waals surface area contributed by atoms with Gasteiger partial charge in [-0.25, -0.2) is 4.39 Å². The van der Waals surface area contributed by atoms with Crippen LogP contribution in [0.1, 0.15) is 19.4 Å². The van der Waals surface area contributed by atoms with Crippen LogP contribution >= 0.6 is 23.4 Å². The van der Waals surface area contributed by atoms with Crippen LogP contribution in [-0.4, -0.2) is 22.7 Å². The van der Waals surface area contributed by atoms with Gasteiger partial charge in [0.05, 0.1) is 11.1 Å². The predicted octanol–water partition coefficient (Wildman–Crippen LogP) is 3.77. The van der Waals surface area contributed by atoms with Crippen molar-refractivity contribution >= 4 is 23.4 Å². The quantitative estimate of drug-likeness (QED) is 0.853. The molecule has 0 heterocycles.